The third kappa shape index (κ3) is 5.66. The predicted molar refractivity (Wildman–Crippen MR) is 90.1 cm³/mol. The summed E-state index contributed by atoms with van der Waals surface area (Å²) in [5, 5.41) is 11.9. The second-order valence-electron chi connectivity index (χ2n) is 6.07. The van der Waals surface area contributed by atoms with E-state index in [1.165, 1.54) is 19.3 Å². The van der Waals surface area contributed by atoms with Gasteiger partial charge in [0.05, 0.1) is 17.9 Å². The molecule has 2 rings (SSSR count). The van der Waals surface area contributed by atoms with Crippen molar-refractivity contribution in [2.75, 3.05) is 38.7 Å². The lowest BCUT2D eigenvalue weighted by molar-refractivity contribution is -0.116. The highest BCUT2D eigenvalue weighted by Gasteiger charge is 2.18. The molecule has 124 valence electrons. The van der Waals surface area contributed by atoms with E-state index in [0.717, 1.165) is 26.2 Å². The minimum Gasteiger partial charge on any atom is -0.384 e. The number of ether oxygens (including phenoxy) is 1. The highest BCUT2D eigenvalue weighted by molar-refractivity contribution is 5.92. The van der Waals surface area contributed by atoms with E-state index in [2.05, 4.69) is 16.3 Å². The Labute approximate surface area is 138 Å². The van der Waals surface area contributed by atoms with Crippen LogP contribution in [0.25, 0.3) is 0 Å². The van der Waals surface area contributed by atoms with E-state index in [1.54, 1.807) is 25.3 Å². The maximum Gasteiger partial charge on any atom is 0.225 e. The Bertz CT molecular complexity index is 553. The molecule has 0 aliphatic carbocycles. The number of nitriles is 1. The van der Waals surface area contributed by atoms with Crippen LogP contribution in [0.15, 0.2) is 24.3 Å². The van der Waals surface area contributed by atoms with Gasteiger partial charge in [-0.1, -0.05) is 18.6 Å². The first-order valence-electron chi connectivity index (χ1n) is 8.23. The summed E-state index contributed by atoms with van der Waals surface area (Å²) in [4.78, 5) is 14.5. The third-order valence-electron chi connectivity index (χ3n) is 4.23. The summed E-state index contributed by atoms with van der Waals surface area (Å²) in [5.41, 5.74) is 1.09. The lowest BCUT2D eigenvalue weighted by Gasteiger charge is -2.23. The fraction of sp³-hybridized carbons (Fsp3) is 0.556. The zero-order valence-corrected chi connectivity index (χ0v) is 13.8. The number of anilines is 1. The summed E-state index contributed by atoms with van der Waals surface area (Å²) in [5.74, 6) is 0.519. The van der Waals surface area contributed by atoms with Crippen molar-refractivity contribution < 1.29 is 9.53 Å². The summed E-state index contributed by atoms with van der Waals surface area (Å²) >= 11 is 0. The molecule has 23 heavy (non-hydrogen) atoms. The van der Waals surface area contributed by atoms with Crippen molar-refractivity contribution in [3.8, 4) is 6.07 Å². The molecule has 1 aliphatic rings. The van der Waals surface area contributed by atoms with Gasteiger partial charge in [0.2, 0.25) is 5.91 Å². The van der Waals surface area contributed by atoms with Gasteiger partial charge >= 0.3 is 0 Å². The molecular weight excluding hydrogens is 290 g/mol. The van der Waals surface area contributed by atoms with Crippen molar-refractivity contribution in [2.24, 2.45) is 5.92 Å². The Morgan fingerprint density at radius 2 is 2.26 bits per heavy atom. The predicted octanol–water partition coefficient (Wildman–Crippen LogP) is 2.64. The molecule has 1 heterocycles. The number of carbonyl (C=O) groups excluding carboxylic acids is 1. The van der Waals surface area contributed by atoms with Crippen molar-refractivity contribution in [1.82, 2.24) is 4.90 Å². The van der Waals surface area contributed by atoms with Crippen LogP contribution in [-0.2, 0) is 9.53 Å². The normalized spacial score (nSPS) is 18.9. The van der Waals surface area contributed by atoms with Crippen molar-refractivity contribution in [2.45, 2.75) is 25.7 Å². The second kappa shape index (κ2) is 9.29. The lowest BCUT2D eigenvalue weighted by atomic mass is 10.0. The maximum atomic E-state index is 12.1. The van der Waals surface area contributed by atoms with Gasteiger partial charge in [-0.25, -0.2) is 0 Å². The average Bonchev–Trinajstić information content (AvgIpc) is 2.79. The molecule has 0 spiro atoms. The van der Waals surface area contributed by atoms with Crippen LogP contribution in [0.5, 0.6) is 0 Å². The zero-order valence-electron chi connectivity index (χ0n) is 13.8. The van der Waals surface area contributed by atoms with Gasteiger partial charge in [-0.2, -0.15) is 5.26 Å². The van der Waals surface area contributed by atoms with Crippen molar-refractivity contribution in [3.63, 3.8) is 0 Å². The molecule has 5 heteroatoms. The Morgan fingerprint density at radius 1 is 1.43 bits per heavy atom. The number of hydrogen-bond donors (Lipinski definition) is 1. The minimum atomic E-state index is -0.0414. The minimum absolute atomic E-state index is 0.0414. The highest BCUT2D eigenvalue weighted by Crippen LogP contribution is 2.17. The van der Waals surface area contributed by atoms with Crippen LogP contribution in [0.3, 0.4) is 0 Å². The monoisotopic (exact) mass is 315 g/mol. The van der Waals surface area contributed by atoms with Crippen LogP contribution in [0.4, 0.5) is 5.69 Å². The molecule has 0 radical (unpaired) electrons. The van der Waals surface area contributed by atoms with Gasteiger partial charge in [-0.05, 0) is 37.4 Å². The first kappa shape index (κ1) is 17.5. The van der Waals surface area contributed by atoms with E-state index in [4.69, 9.17) is 10.00 Å². The summed E-state index contributed by atoms with van der Waals surface area (Å²) in [6.45, 7) is 3.58. The molecule has 1 saturated heterocycles. The molecule has 1 aromatic rings. The lowest BCUT2D eigenvalue weighted by Crippen LogP contribution is -2.33. The van der Waals surface area contributed by atoms with E-state index < -0.39 is 0 Å². The molecule has 1 aliphatic heterocycles. The van der Waals surface area contributed by atoms with E-state index in [0.29, 0.717) is 23.6 Å². The first-order chi connectivity index (χ1) is 11.2. The van der Waals surface area contributed by atoms with Crippen molar-refractivity contribution in [3.05, 3.63) is 29.8 Å². The smallest absolute Gasteiger partial charge is 0.225 e. The molecule has 5 nitrogen and oxygen atoms in total. The highest BCUT2D eigenvalue weighted by atomic mass is 16.5. The Morgan fingerprint density at radius 3 is 3.04 bits per heavy atom. The molecule has 1 aromatic carbocycles. The Kier molecular flexibility index (Phi) is 7.05. The molecule has 1 unspecified atom stereocenters. The largest absolute Gasteiger partial charge is 0.384 e. The first-order valence-corrected chi connectivity index (χ1v) is 8.23. The molecule has 1 amide bonds. The standard InChI is InChI=1S/C18H25N3O2/c1-23-14-15-6-4-5-10-21(13-15)11-9-18(22)20-17-8-3-2-7-16(17)12-19/h2-3,7-8,15H,4-6,9-11,13-14H2,1H3,(H,20,22). The van der Waals surface area contributed by atoms with Crippen LogP contribution in [0, 0.1) is 17.2 Å². The topological polar surface area (TPSA) is 65.4 Å². The number of hydrogen-bond acceptors (Lipinski definition) is 4. The van der Waals surface area contributed by atoms with Crippen molar-refractivity contribution >= 4 is 11.6 Å². The number of benzene rings is 1. The maximum absolute atomic E-state index is 12.1. The summed E-state index contributed by atoms with van der Waals surface area (Å²) in [6, 6.07) is 9.18. The van der Waals surface area contributed by atoms with Crippen LogP contribution >= 0.6 is 0 Å². The van der Waals surface area contributed by atoms with E-state index >= 15 is 0 Å². The number of nitrogens with zero attached hydrogens (tertiary/aromatic N) is 2. The molecule has 0 aromatic heterocycles. The Balaban J connectivity index is 1.82. The van der Waals surface area contributed by atoms with Crippen LogP contribution < -0.4 is 5.32 Å². The molecule has 1 N–H and O–H groups in total. The fourth-order valence-corrected chi connectivity index (χ4v) is 3.05. The van der Waals surface area contributed by atoms with Crippen molar-refractivity contribution in [1.29, 1.82) is 5.26 Å². The number of amides is 1. The Hall–Kier alpha value is -1.90. The molecular formula is C18H25N3O2. The summed E-state index contributed by atoms with van der Waals surface area (Å²) in [6.07, 6.45) is 4.05. The summed E-state index contributed by atoms with van der Waals surface area (Å²) < 4.78 is 5.28. The SMILES string of the molecule is COCC1CCCCN(CCC(=O)Nc2ccccc2C#N)C1. The number of nitrogens with one attached hydrogen (secondary N) is 1. The van der Waals surface area contributed by atoms with Gasteiger partial charge in [0.25, 0.3) is 0 Å². The quantitative estimate of drug-likeness (QED) is 0.876. The number of para-hydroxylation sites is 1. The zero-order chi connectivity index (χ0) is 16.5. The second-order valence-corrected chi connectivity index (χ2v) is 6.07. The number of carbonyl (C=O) groups is 1. The third-order valence-corrected chi connectivity index (χ3v) is 4.23. The van der Waals surface area contributed by atoms with E-state index in [1.807, 2.05) is 6.07 Å². The summed E-state index contributed by atoms with van der Waals surface area (Å²) in [7, 11) is 1.75. The van der Waals surface area contributed by atoms with Gasteiger partial charge < -0.3 is 15.0 Å². The molecule has 1 fully saturated rings. The number of rotatable bonds is 6. The number of methoxy groups -OCH3 is 1. The van der Waals surface area contributed by atoms with Crippen LogP contribution in [0.2, 0.25) is 0 Å². The van der Waals surface area contributed by atoms with Gasteiger partial charge in [0, 0.05) is 26.6 Å². The van der Waals surface area contributed by atoms with Crippen LogP contribution in [-0.4, -0.2) is 44.2 Å². The van der Waals surface area contributed by atoms with Gasteiger partial charge in [-0.15, -0.1) is 0 Å². The molecule has 0 bridgehead atoms. The van der Waals surface area contributed by atoms with Gasteiger partial charge in [0.1, 0.15) is 6.07 Å². The van der Waals surface area contributed by atoms with E-state index in [9.17, 15) is 4.79 Å². The molecule has 1 atom stereocenters. The number of likely N-dealkylation sites (tertiary alicyclic amines) is 1. The van der Waals surface area contributed by atoms with E-state index in [-0.39, 0.29) is 5.91 Å². The fourth-order valence-electron chi connectivity index (χ4n) is 3.05. The van der Waals surface area contributed by atoms with Gasteiger partial charge in [-0.3, -0.25) is 4.79 Å². The molecule has 0 saturated carbocycles. The average molecular weight is 315 g/mol. The van der Waals surface area contributed by atoms with Gasteiger partial charge in [0.15, 0.2) is 0 Å². The van der Waals surface area contributed by atoms with Crippen LogP contribution in [0.1, 0.15) is 31.2 Å².